The van der Waals surface area contributed by atoms with Crippen LogP contribution in [0.5, 0.6) is 0 Å². The smallest absolute Gasteiger partial charge is 0.230 e. The van der Waals surface area contributed by atoms with Gasteiger partial charge in [0.15, 0.2) is 5.13 Å². The first-order chi connectivity index (χ1) is 12.4. The number of thiazole rings is 1. The van der Waals surface area contributed by atoms with Crippen LogP contribution in [0.3, 0.4) is 0 Å². The highest BCUT2D eigenvalue weighted by molar-refractivity contribution is 7.98. The Morgan fingerprint density at radius 3 is 2.54 bits per heavy atom. The molecule has 0 saturated heterocycles. The van der Waals surface area contributed by atoms with E-state index in [1.54, 1.807) is 23.6 Å². The number of carbonyl (C=O) groups is 1. The lowest BCUT2D eigenvalue weighted by molar-refractivity contribution is -0.115. The molecule has 7 nitrogen and oxygen atoms in total. The number of nitrogens with zero attached hydrogens (tertiary/aromatic N) is 6. The Morgan fingerprint density at radius 2 is 1.96 bits per heavy atom. The second-order valence-corrected chi connectivity index (χ2v) is 7.88. The summed E-state index contributed by atoms with van der Waals surface area (Å²) in [7, 11) is 1.80. The molecule has 3 aromatic rings. The van der Waals surface area contributed by atoms with E-state index in [2.05, 4.69) is 39.6 Å². The maximum absolute atomic E-state index is 12.4. The summed E-state index contributed by atoms with van der Waals surface area (Å²) in [6.45, 7) is 7.68. The number of hydrogen-bond acceptors (Lipinski definition) is 7. The van der Waals surface area contributed by atoms with Gasteiger partial charge in [-0.2, -0.15) is 0 Å². The number of aromatic nitrogens is 5. The summed E-state index contributed by atoms with van der Waals surface area (Å²) in [4.78, 5) is 18.8. The van der Waals surface area contributed by atoms with Crippen molar-refractivity contribution in [1.82, 2.24) is 25.2 Å². The van der Waals surface area contributed by atoms with Crippen LogP contribution >= 0.6 is 23.1 Å². The van der Waals surface area contributed by atoms with E-state index < -0.39 is 0 Å². The fourth-order valence-corrected chi connectivity index (χ4v) is 4.58. The summed E-state index contributed by atoms with van der Waals surface area (Å²) in [6, 6.07) is 4.17. The summed E-state index contributed by atoms with van der Waals surface area (Å²) >= 11 is 2.98. The average Bonchev–Trinajstić information content (AvgIpc) is 3.17. The van der Waals surface area contributed by atoms with Gasteiger partial charge in [-0.15, -0.1) is 16.4 Å². The number of hydrogen-bond donors (Lipinski definition) is 0. The molecule has 0 fully saturated rings. The Morgan fingerprint density at radius 1 is 1.27 bits per heavy atom. The molecule has 26 heavy (non-hydrogen) atoms. The van der Waals surface area contributed by atoms with Crippen molar-refractivity contribution in [2.45, 2.75) is 38.6 Å². The Bertz CT molecular complexity index is 925. The number of anilines is 2. The van der Waals surface area contributed by atoms with Crippen LogP contribution < -0.4 is 4.90 Å². The highest BCUT2D eigenvalue weighted by Gasteiger charge is 2.22. The lowest BCUT2D eigenvalue weighted by Gasteiger charge is -2.23. The van der Waals surface area contributed by atoms with Gasteiger partial charge in [0.05, 0.1) is 11.4 Å². The summed E-state index contributed by atoms with van der Waals surface area (Å²) in [5.74, 6) is 0.591. The van der Waals surface area contributed by atoms with E-state index in [-0.39, 0.29) is 5.91 Å². The number of carbonyl (C=O) groups excluding carboxylic acids is 1. The monoisotopic (exact) mass is 388 g/mol. The quantitative estimate of drug-likeness (QED) is 0.622. The van der Waals surface area contributed by atoms with Crippen molar-refractivity contribution in [3.63, 3.8) is 0 Å². The highest BCUT2D eigenvalue weighted by Crippen LogP contribution is 2.35. The molecular formula is C17H20N6OS2. The minimum absolute atomic E-state index is 0.0499. The van der Waals surface area contributed by atoms with Gasteiger partial charge in [-0.05, 0) is 42.3 Å². The number of benzene rings is 1. The zero-order chi connectivity index (χ0) is 18.8. The second-order valence-electron chi connectivity index (χ2n) is 6.10. The van der Waals surface area contributed by atoms with E-state index in [0.717, 1.165) is 27.7 Å². The van der Waals surface area contributed by atoms with E-state index in [0.29, 0.717) is 10.9 Å². The molecule has 0 bridgehead atoms. The van der Waals surface area contributed by atoms with Crippen molar-refractivity contribution in [3.05, 3.63) is 39.9 Å². The molecule has 2 heterocycles. The van der Waals surface area contributed by atoms with Crippen LogP contribution in [0.1, 0.15) is 29.3 Å². The molecule has 0 atom stereocenters. The van der Waals surface area contributed by atoms with Gasteiger partial charge >= 0.3 is 0 Å². The third kappa shape index (κ3) is 3.78. The van der Waals surface area contributed by atoms with Crippen LogP contribution in [0.25, 0.3) is 0 Å². The minimum atomic E-state index is -0.0499. The van der Waals surface area contributed by atoms with Gasteiger partial charge in [0.25, 0.3) is 0 Å². The third-order valence-electron chi connectivity index (χ3n) is 3.84. The van der Waals surface area contributed by atoms with E-state index in [1.807, 2.05) is 19.2 Å². The molecule has 9 heteroatoms. The van der Waals surface area contributed by atoms with Crippen molar-refractivity contribution < 1.29 is 4.79 Å². The maximum atomic E-state index is 12.4. The summed E-state index contributed by atoms with van der Waals surface area (Å²) in [5.41, 5.74) is 5.12. The standard InChI is InChI=1S/C17H20N6OS2/c1-10-6-11(2)15(12(3)7-10)23(13(4)24)16-18-14(8-25-16)9-26-17-19-20-21-22(17)5/h6-8H,9H2,1-5H3. The van der Waals surface area contributed by atoms with Crippen LogP contribution in [-0.4, -0.2) is 31.1 Å². The molecule has 0 aliphatic heterocycles. The molecule has 0 aliphatic carbocycles. The Labute approximate surface area is 160 Å². The number of thioether (sulfide) groups is 1. The Balaban J connectivity index is 1.87. The SMILES string of the molecule is CC(=O)N(c1nc(CSc2nnnn2C)cs1)c1c(C)cc(C)cc1C. The predicted molar refractivity (Wildman–Crippen MR) is 104 cm³/mol. The summed E-state index contributed by atoms with van der Waals surface area (Å²) < 4.78 is 1.62. The Kier molecular flexibility index (Phi) is 5.38. The van der Waals surface area contributed by atoms with Crippen molar-refractivity contribution >= 4 is 39.8 Å². The van der Waals surface area contributed by atoms with Crippen LogP contribution in [0.4, 0.5) is 10.8 Å². The van der Waals surface area contributed by atoms with Gasteiger partial charge in [-0.25, -0.2) is 9.67 Å². The van der Waals surface area contributed by atoms with Crippen molar-refractivity contribution in [3.8, 4) is 0 Å². The maximum Gasteiger partial charge on any atom is 0.230 e. The van der Waals surface area contributed by atoms with E-state index in [9.17, 15) is 4.79 Å². The van der Waals surface area contributed by atoms with Crippen LogP contribution in [0.15, 0.2) is 22.7 Å². The van der Waals surface area contributed by atoms with Gasteiger partial charge in [0.2, 0.25) is 11.1 Å². The number of tetrazole rings is 1. The number of aryl methyl sites for hydroxylation is 4. The van der Waals surface area contributed by atoms with Gasteiger partial charge in [-0.3, -0.25) is 9.69 Å². The fourth-order valence-electron chi connectivity index (χ4n) is 2.86. The largest absolute Gasteiger partial charge is 0.274 e. The van der Waals surface area contributed by atoms with Crippen LogP contribution in [0.2, 0.25) is 0 Å². The fraction of sp³-hybridized carbons (Fsp3) is 0.353. The first-order valence-electron chi connectivity index (χ1n) is 8.05. The van der Waals surface area contributed by atoms with Crippen molar-refractivity contribution in [2.24, 2.45) is 7.05 Å². The molecule has 2 aromatic heterocycles. The van der Waals surface area contributed by atoms with Gasteiger partial charge in [-0.1, -0.05) is 29.5 Å². The average molecular weight is 389 g/mol. The molecule has 0 N–H and O–H groups in total. The molecule has 0 aliphatic rings. The number of amides is 1. The lowest BCUT2D eigenvalue weighted by Crippen LogP contribution is -2.24. The van der Waals surface area contributed by atoms with Gasteiger partial charge < -0.3 is 0 Å². The predicted octanol–water partition coefficient (Wildman–Crippen LogP) is 3.57. The zero-order valence-corrected chi connectivity index (χ0v) is 17.0. The molecule has 3 rings (SSSR count). The van der Waals surface area contributed by atoms with E-state index in [4.69, 9.17) is 0 Å². The first-order valence-corrected chi connectivity index (χ1v) is 9.91. The molecule has 0 unspecified atom stereocenters. The van der Waals surface area contributed by atoms with Crippen LogP contribution in [-0.2, 0) is 17.6 Å². The van der Waals surface area contributed by atoms with Gasteiger partial charge in [0, 0.05) is 25.1 Å². The van der Waals surface area contributed by atoms with E-state index >= 15 is 0 Å². The minimum Gasteiger partial charge on any atom is -0.274 e. The molecule has 136 valence electrons. The normalized spacial score (nSPS) is 11.0. The second kappa shape index (κ2) is 7.55. The molecule has 0 spiro atoms. The first kappa shape index (κ1) is 18.5. The zero-order valence-electron chi connectivity index (χ0n) is 15.3. The van der Waals surface area contributed by atoms with Crippen molar-refractivity contribution in [1.29, 1.82) is 0 Å². The molecule has 0 saturated carbocycles. The summed E-state index contributed by atoms with van der Waals surface area (Å²) in [5, 5.41) is 14.8. The van der Waals surface area contributed by atoms with Gasteiger partial charge in [0.1, 0.15) is 0 Å². The molecule has 1 aromatic carbocycles. The van der Waals surface area contributed by atoms with E-state index in [1.165, 1.54) is 28.7 Å². The van der Waals surface area contributed by atoms with Crippen molar-refractivity contribution in [2.75, 3.05) is 4.90 Å². The molecule has 1 amide bonds. The highest BCUT2D eigenvalue weighted by atomic mass is 32.2. The third-order valence-corrected chi connectivity index (χ3v) is 5.75. The Hall–Kier alpha value is -2.26. The number of rotatable bonds is 5. The molecular weight excluding hydrogens is 368 g/mol. The molecule has 0 radical (unpaired) electrons. The topological polar surface area (TPSA) is 76.8 Å². The van der Waals surface area contributed by atoms with Crippen LogP contribution in [0, 0.1) is 20.8 Å². The lowest BCUT2D eigenvalue weighted by atomic mass is 10.0. The summed E-state index contributed by atoms with van der Waals surface area (Å²) in [6.07, 6.45) is 0.